The third-order valence-corrected chi connectivity index (χ3v) is 3.12. The van der Waals surface area contributed by atoms with Crippen molar-refractivity contribution in [1.82, 2.24) is 9.97 Å². The van der Waals surface area contributed by atoms with Crippen LogP contribution in [0.2, 0.25) is 0 Å². The van der Waals surface area contributed by atoms with Crippen molar-refractivity contribution in [2.75, 3.05) is 17.6 Å². The van der Waals surface area contributed by atoms with Gasteiger partial charge in [0.15, 0.2) is 0 Å². The summed E-state index contributed by atoms with van der Waals surface area (Å²) in [6, 6.07) is 1.83. The lowest BCUT2D eigenvalue weighted by Crippen LogP contribution is -2.20. The van der Waals surface area contributed by atoms with E-state index in [4.69, 9.17) is 10.5 Å². The lowest BCUT2D eigenvalue weighted by atomic mass is 9.98. The van der Waals surface area contributed by atoms with Crippen molar-refractivity contribution in [2.45, 2.75) is 51.6 Å². The van der Waals surface area contributed by atoms with Gasteiger partial charge in [-0.15, -0.1) is 0 Å². The highest BCUT2D eigenvalue weighted by Gasteiger charge is 2.16. The number of anilines is 2. The molecule has 0 saturated heterocycles. The molecule has 18 heavy (non-hydrogen) atoms. The molecule has 0 unspecified atom stereocenters. The van der Waals surface area contributed by atoms with Crippen LogP contribution in [0.3, 0.4) is 0 Å². The molecule has 1 saturated carbocycles. The molecule has 0 spiro atoms. The Balaban J connectivity index is 1.99. The summed E-state index contributed by atoms with van der Waals surface area (Å²) in [6.45, 7) is 2.98. The Bertz CT molecular complexity index is 377. The number of nitrogen functional groups attached to an aromatic ring is 1. The molecule has 1 aliphatic carbocycles. The lowest BCUT2D eigenvalue weighted by Gasteiger charge is -2.22. The molecule has 3 N–H and O–H groups in total. The summed E-state index contributed by atoms with van der Waals surface area (Å²) in [6.07, 6.45) is 7.35. The van der Waals surface area contributed by atoms with Gasteiger partial charge in [-0.25, -0.2) is 0 Å². The largest absolute Gasteiger partial charge is 0.474 e. The quantitative estimate of drug-likeness (QED) is 0.840. The van der Waals surface area contributed by atoms with Crippen LogP contribution in [0.1, 0.15) is 45.4 Å². The fraction of sp³-hybridized carbons (Fsp3) is 0.692. The molecule has 1 aromatic heterocycles. The maximum absolute atomic E-state index is 5.89. The smallest absolute Gasteiger partial charge is 0.225 e. The van der Waals surface area contributed by atoms with Crippen LogP contribution in [0.5, 0.6) is 5.88 Å². The van der Waals surface area contributed by atoms with E-state index in [0.29, 0.717) is 5.88 Å². The van der Waals surface area contributed by atoms with Gasteiger partial charge in [-0.3, -0.25) is 0 Å². The first-order valence-corrected chi connectivity index (χ1v) is 6.83. The fourth-order valence-corrected chi connectivity index (χ4v) is 2.20. The summed E-state index contributed by atoms with van der Waals surface area (Å²) >= 11 is 0. The van der Waals surface area contributed by atoms with Crippen molar-refractivity contribution in [1.29, 1.82) is 0 Å². The molecule has 1 aliphatic rings. The second-order valence-corrected chi connectivity index (χ2v) is 4.75. The van der Waals surface area contributed by atoms with E-state index in [2.05, 4.69) is 22.2 Å². The maximum atomic E-state index is 5.89. The number of nitrogens with two attached hydrogens (primary N) is 1. The Morgan fingerprint density at radius 2 is 2.11 bits per heavy atom. The number of hydrogen-bond acceptors (Lipinski definition) is 5. The summed E-state index contributed by atoms with van der Waals surface area (Å²) in [7, 11) is 0. The Labute approximate surface area is 108 Å². The van der Waals surface area contributed by atoms with Crippen molar-refractivity contribution in [3.8, 4) is 5.88 Å². The SMILES string of the molecule is CCCNc1cc(OC2CCCCC2)nc(N)n1. The molecule has 100 valence electrons. The maximum Gasteiger partial charge on any atom is 0.225 e. The van der Waals surface area contributed by atoms with Crippen molar-refractivity contribution in [3.63, 3.8) is 0 Å². The number of rotatable bonds is 5. The third-order valence-electron chi connectivity index (χ3n) is 3.12. The minimum Gasteiger partial charge on any atom is -0.474 e. The molecule has 0 atom stereocenters. The molecule has 5 heteroatoms. The Morgan fingerprint density at radius 1 is 1.33 bits per heavy atom. The highest BCUT2D eigenvalue weighted by atomic mass is 16.5. The van der Waals surface area contributed by atoms with Crippen molar-refractivity contribution >= 4 is 11.8 Å². The van der Waals surface area contributed by atoms with Crippen LogP contribution in [-0.4, -0.2) is 22.6 Å². The van der Waals surface area contributed by atoms with Crippen LogP contribution in [-0.2, 0) is 0 Å². The van der Waals surface area contributed by atoms with Crippen molar-refractivity contribution < 1.29 is 4.74 Å². The molecule has 0 aliphatic heterocycles. The molecule has 5 nitrogen and oxygen atoms in total. The van der Waals surface area contributed by atoms with E-state index in [1.807, 2.05) is 6.07 Å². The summed E-state index contributed by atoms with van der Waals surface area (Å²) in [4.78, 5) is 8.28. The molecule has 1 aromatic rings. The molecule has 0 bridgehead atoms. The van der Waals surface area contributed by atoms with E-state index >= 15 is 0 Å². The van der Waals surface area contributed by atoms with Gasteiger partial charge in [-0.1, -0.05) is 13.3 Å². The molecular formula is C13H22N4O. The number of nitrogens with zero attached hydrogens (tertiary/aromatic N) is 2. The fourth-order valence-electron chi connectivity index (χ4n) is 2.20. The van der Waals surface area contributed by atoms with Crippen LogP contribution < -0.4 is 15.8 Å². The predicted octanol–water partition coefficient (Wildman–Crippen LogP) is 2.59. The Morgan fingerprint density at radius 3 is 2.83 bits per heavy atom. The van der Waals surface area contributed by atoms with Gasteiger partial charge in [-0.05, 0) is 32.1 Å². The number of ether oxygens (including phenoxy) is 1. The highest BCUT2D eigenvalue weighted by molar-refractivity contribution is 5.42. The van der Waals surface area contributed by atoms with Crippen LogP contribution in [0.15, 0.2) is 6.07 Å². The first-order chi connectivity index (χ1) is 8.78. The molecule has 0 radical (unpaired) electrons. The molecule has 1 fully saturated rings. The van der Waals surface area contributed by atoms with Gasteiger partial charge in [0.1, 0.15) is 11.9 Å². The first-order valence-electron chi connectivity index (χ1n) is 6.83. The Hall–Kier alpha value is -1.52. The summed E-state index contributed by atoms with van der Waals surface area (Å²) in [5.41, 5.74) is 5.69. The average molecular weight is 250 g/mol. The second-order valence-electron chi connectivity index (χ2n) is 4.75. The van der Waals surface area contributed by atoms with Gasteiger partial charge >= 0.3 is 0 Å². The van der Waals surface area contributed by atoms with E-state index in [9.17, 15) is 0 Å². The van der Waals surface area contributed by atoms with Gasteiger partial charge in [-0.2, -0.15) is 9.97 Å². The van der Waals surface area contributed by atoms with Crippen molar-refractivity contribution in [3.05, 3.63) is 6.07 Å². The zero-order valence-electron chi connectivity index (χ0n) is 11.0. The standard InChI is InChI=1S/C13H22N4O/c1-2-8-15-11-9-12(17-13(14)16-11)18-10-6-4-3-5-7-10/h9-10H,2-8H2,1H3,(H3,14,15,16,17). The zero-order valence-corrected chi connectivity index (χ0v) is 11.0. The van der Waals surface area contributed by atoms with E-state index in [1.165, 1.54) is 19.3 Å². The number of aromatic nitrogens is 2. The molecule has 0 aromatic carbocycles. The molecule has 0 amide bonds. The Kier molecular flexibility index (Phi) is 4.61. The third kappa shape index (κ3) is 3.75. The summed E-state index contributed by atoms with van der Waals surface area (Å²) < 4.78 is 5.89. The van der Waals surface area contributed by atoms with Gasteiger partial charge in [0, 0.05) is 12.6 Å². The van der Waals surface area contributed by atoms with Gasteiger partial charge in [0.05, 0.1) is 0 Å². The topological polar surface area (TPSA) is 73.1 Å². The van der Waals surface area contributed by atoms with Gasteiger partial charge in [0.25, 0.3) is 0 Å². The van der Waals surface area contributed by atoms with E-state index in [0.717, 1.165) is 31.6 Å². The zero-order chi connectivity index (χ0) is 12.8. The summed E-state index contributed by atoms with van der Waals surface area (Å²) in [5, 5.41) is 3.20. The highest BCUT2D eigenvalue weighted by Crippen LogP contribution is 2.23. The first kappa shape index (κ1) is 12.9. The predicted molar refractivity (Wildman–Crippen MR) is 72.7 cm³/mol. The molecular weight excluding hydrogens is 228 g/mol. The second kappa shape index (κ2) is 6.42. The van der Waals surface area contributed by atoms with Gasteiger partial charge < -0.3 is 15.8 Å². The number of nitrogens with one attached hydrogen (secondary N) is 1. The lowest BCUT2D eigenvalue weighted by molar-refractivity contribution is 0.149. The monoisotopic (exact) mass is 250 g/mol. The average Bonchev–Trinajstić information content (AvgIpc) is 2.37. The van der Waals surface area contributed by atoms with E-state index in [-0.39, 0.29) is 12.1 Å². The molecule has 1 heterocycles. The van der Waals surface area contributed by atoms with Crippen LogP contribution >= 0.6 is 0 Å². The van der Waals surface area contributed by atoms with E-state index in [1.54, 1.807) is 0 Å². The number of hydrogen-bond donors (Lipinski definition) is 2. The van der Waals surface area contributed by atoms with E-state index < -0.39 is 0 Å². The summed E-state index contributed by atoms with van der Waals surface area (Å²) in [5.74, 6) is 1.60. The minimum absolute atomic E-state index is 0.266. The van der Waals surface area contributed by atoms with Crippen LogP contribution in [0, 0.1) is 0 Å². The normalized spacial score (nSPS) is 16.5. The van der Waals surface area contributed by atoms with Crippen LogP contribution in [0.4, 0.5) is 11.8 Å². The molecule has 2 rings (SSSR count). The van der Waals surface area contributed by atoms with Crippen molar-refractivity contribution in [2.24, 2.45) is 0 Å². The van der Waals surface area contributed by atoms with Crippen LogP contribution in [0.25, 0.3) is 0 Å². The van der Waals surface area contributed by atoms with Gasteiger partial charge in [0.2, 0.25) is 11.8 Å². The minimum atomic E-state index is 0.266.